The molecule has 4 rings (SSSR count). The summed E-state index contributed by atoms with van der Waals surface area (Å²) in [5.41, 5.74) is 0.869. The third-order valence-corrected chi connectivity index (χ3v) is 6.12. The second-order valence-electron chi connectivity index (χ2n) is 7.47. The summed E-state index contributed by atoms with van der Waals surface area (Å²) in [7, 11) is 0. The second-order valence-corrected chi connectivity index (χ2v) is 7.47. The SMILES string of the molecule is O=C(CCCc1ccc(F)cc1)N1C[C@@H]2[C@H](CO)[C@H]3CC[C@]2(C1)O3. The number of benzene rings is 1. The van der Waals surface area contributed by atoms with Crippen LogP contribution in [-0.2, 0) is 16.0 Å². The van der Waals surface area contributed by atoms with Gasteiger partial charge in [-0.15, -0.1) is 0 Å². The summed E-state index contributed by atoms with van der Waals surface area (Å²) in [6.45, 7) is 1.56. The van der Waals surface area contributed by atoms with E-state index in [1.165, 1.54) is 12.1 Å². The van der Waals surface area contributed by atoms with Crippen LogP contribution in [0.15, 0.2) is 24.3 Å². The highest BCUT2D eigenvalue weighted by Gasteiger charge is 2.63. The van der Waals surface area contributed by atoms with Crippen LogP contribution in [0.25, 0.3) is 0 Å². The van der Waals surface area contributed by atoms with Crippen LogP contribution < -0.4 is 0 Å². The highest BCUT2D eigenvalue weighted by Crippen LogP contribution is 2.54. The number of aliphatic hydroxyl groups is 1. The molecule has 0 aromatic heterocycles. The monoisotopic (exact) mass is 333 g/mol. The number of halogens is 1. The first-order valence-electron chi connectivity index (χ1n) is 8.92. The van der Waals surface area contributed by atoms with Crippen molar-refractivity contribution in [2.24, 2.45) is 11.8 Å². The largest absolute Gasteiger partial charge is 0.396 e. The van der Waals surface area contributed by atoms with Crippen molar-refractivity contribution in [1.82, 2.24) is 4.90 Å². The molecule has 0 unspecified atom stereocenters. The summed E-state index contributed by atoms with van der Waals surface area (Å²) in [5.74, 6) is 0.425. The Labute approximate surface area is 141 Å². The van der Waals surface area contributed by atoms with E-state index in [0.29, 0.717) is 18.9 Å². The molecule has 4 nitrogen and oxygen atoms in total. The maximum Gasteiger partial charge on any atom is 0.222 e. The number of fused-ring (bicyclic) bond motifs is 1. The van der Waals surface area contributed by atoms with Crippen LogP contribution in [0.5, 0.6) is 0 Å². The summed E-state index contributed by atoms with van der Waals surface area (Å²) >= 11 is 0. The summed E-state index contributed by atoms with van der Waals surface area (Å²) in [6.07, 6.45) is 4.27. The maximum absolute atomic E-state index is 12.9. The number of likely N-dealkylation sites (tertiary alicyclic amines) is 1. The molecule has 130 valence electrons. The van der Waals surface area contributed by atoms with Crippen LogP contribution in [-0.4, -0.2) is 47.3 Å². The standard InChI is InChI=1S/C19H24FNO3/c20-14-6-4-13(5-7-14)2-1-3-18(23)21-10-16-15(11-22)17-8-9-19(16,12-21)24-17/h4-7,15-17,22H,1-3,8-12H2/t15-,16+,17+,19+/m0/s1. The van der Waals surface area contributed by atoms with Gasteiger partial charge in [0.15, 0.2) is 0 Å². The summed E-state index contributed by atoms with van der Waals surface area (Å²) in [5, 5.41) is 9.63. The number of aliphatic hydroxyl groups excluding tert-OH is 1. The van der Waals surface area contributed by atoms with E-state index in [1.54, 1.807) is 12.1 Å². The zero-order chi connectivity index (χ0) is 16.7. The van der Waals surface area contributed by atoms with Crippen LogP contribution >= 0.6 is 0 Å². The highest BCUT2D eigenvalue weighted by atomic mass is 19.1. The molecule has 1 aromatic rings. The number of hydrogen-bond donors (Lipinski definition) is 1. The Bertz CT molecular complexity index is 620. The lowest BCUT2D eigenvalue weighted by atomic mass is 9.74. The first-order valence-corrected chi connectivity index (χ1v) is 8.92. The number of carbonyl (C=O) groups is 1. The highest BCUT2D eigenvalue weighted by molar-refractivity contribution is 5.76. The first-order chi connectivity index (χ1) is 11.6. The zero-order valence-corrected chi connectivity index (χ0v) is 13.8. The molecule has 3 saturated heterocycles. The van der Waals surface area contributed by atoms with Crippen molar-refractivity contribution in [1.29, 1.82) is 0 Å². The van der Waals surface area contributed by atoms with Crippen molar-refractivity contribution in [3.63, 3.8) is 0 Å². The molecule has 24 heavy (non-hydrogen) atoms. The fourth-order valence-corrected chi connectivity index (χ4v) is 4.88. The minimum Gasteiger partial charge on any atom is -0.396 e. The van der Waals surface area contributed by atoms with E-state index in [4.69, 9.17) is 4.74 Å². The maximum atomic E-state index is 12.9. The molecule has 3 heterocycles. The molecule has 2 bridgehead atoms. The van der Waals surface area contributed by atoms with Crippen molar-refractivity contribution in [3.8, 4) is 0 Å². The predicted octanol–water partition coefficient (Wildman–Crippen LogP) is 2.15. The van der Waals surface area contributed by atoms with E-state index in [0.717, 1.165) is 37.8 Å². The van der Waals surface area contributed by atoms with E-state index in [-0.39, 0.29) is 36.0 Å². The lowest BCUT2D eigenvalue weighted by molar-refractivity contribution is -0.131. The van der Waals surface area contributed by atoms with Gasteiger partial charge < -0.3 is 14.7 Å². The molecule has 4 atom stereocenters. The van der Waals surface area contributed by atoms with Gasteiger partial charge in [-0.05, 0) is 43.4 Å². The molecular weight excluding hydrogens is 309 g/mol. The molecular formula is C19H24FNO3. The van der Waals surface area contributed by atoms with Crippen molar-refractivity contribution in [3.05, 3.63) is 35.6 Å². The number of ether oxygens (including phenoxy) is 1. The summed E-state index contributed by atoms with van der Waals surface area (Å²) < 4.78 is 19.1. The first kappa shape index (κ1) is 16.0. The van der Waals surface area contributed by atoms with E-state index < -0.39 is 0 Å². The minimum absolute atomic E-state index is 0.156. The summed E-state index contributed by atoms with van der Waals surface area (Å²) in [4.78, 5) is 14.5. The second kappa shape index (κ2) is 6.12. The van der Waals surface area contributed by atoms with Crippen LogP contribution in [0.1, 0.15) is 31.2 Å². The molecule has 0 radical (unpaired) electrons. The average Bonchev–Trinajstić information content (AvgIpc) is 3.23. The Morgan fingerprint density at radius 2 is 2.17 bits per heavy atom. The minimum atomic E-state index is -0.231. The summed E-state index contributed by atoms with van der Waals surface area (Å²) in [6, 6.07) is 6.47. The number of rotatable bonds is 5. The lowest BCUT2D eigenvalue weighted by Gasteiger charge is -2.27. The molecule has 1 N–H and O–H groups in total. The third kappa shape index (κ3) is 2.64. The number of carbonyl (C=O) groups excluding carboxylic acids is 1. The average molecular weight is 333 g/mol. The normalized spacial score (nSPS) is 33.9. The van der Waals surface area contributed by atoms with Crippen LogP contribution in [0.3, 0.4) is 0 Å². The number of amides is 1. The van der Waals surface area contributed by atoms with E-state index in [9.17, 15) is 14.3 Å². The topological polar surface area (TPSA) is 49.8 Å². The van der Waals surface area contributed by atoms with Crippen LogP contribution in [0, 0.1) is 17.7 Å². The molecule has 3 aliphatic heterocycles. The predicted molar refractivity (Wildman–Crippen MR) is 86.8 cm³/mol. The quantitative estimate of drug-likeness (QED) is 0.898. The number of aryl methyl sites for hydroxylation is 1. The molecule has 3 aliphatic rings. The van der Waals surface area contributed by atoms with Gasteiger partial charge in [-0.1, -0.05) is 12.1 Å². The van der Waals surface area contributed by atoms with Gasteiger partial charge in [0, 0.05) is 31.4 Å². The van der Waals surface area contributed by atoms with Gasteiger partial charge in [-0.3, -0.25) is 4.79 Å². The molecule has 3 fully saturated rings. The Kier molecular flexibility index (Phi) is 4.09. The van der Waals surface area contributed by atoms with Gasteiger partial charge in [-0.25, -0.2) is 4.39 Å². The van der Waals surface area contributed by atoms with Crippen LogP contribution in [0.2, 0.25) is 0 Å². The van der Waals surface area contributed by atoms with Gasteiger partial charge in [0.1, 0.15) is 5.82 Å². The van der Waals surface area contributed by atoms with E-state index >= 15 is 0 Å². The fourth-order valence-electron chi connectivity index (χ4n) is 4.88. The molecule has 1 amide bonds. The Morgan fingerprint density at radius 3 is 2.92 bits per heavy atom. The molecule has 5 heteroatoms. The Morgan fingerprint density at radius 1 is 1.38 bits per heavy atom. The van der Waals surface area contributed by atoms with Gasteiger partial charge in [0.25, 0.3) is 0 Å². The van der Waals surface area contributed by atoms with Crippen molar-refractivity contribution < 1.29 is 19.0 Å². The fraction of sp³-hybridized carbons (Fsp3) is 0.632. The lowest BCUT2D eigenvalue weighted by Crippen LogP contribution is -2.38. The molecule has 1 spiro atoms. The van der Waals surface area contributed by atoms with Gasteiger partial charge in [0.2, 0.25) is 5.91 Å². The van der Waals surface area contributed by atoms with Gasteiger partial charge in [0.05, 0.1) is 18.2 Å². The van der Waals surface area contributed by atoms with Gasteiger partial charge >= 0.3 is 0 Å². The number of nitrogens with zero attached hydrogens (tertiary/aromatic N) is 1. The Hall–Kier alpha value is -1.46. The van der Waals surface area contributed by atoms with E-state index in [2.05, 4.69) is 0 Å². The van der Waals surface area contributed by atoms with E-state index in [1.807, 2.05) is 4.90 Å². The zero-order valence-electron chi connectivity index (χ0n) is 13.8. The molecule has 0 saturated carbocycles. The van der Waals surface area contributed by atoms with Crippen molar-refractivity contribution in [2.75, 3.05) is 19.7 Å². The van der Waals surface area contributed by atoms with Crippen LogP contribution in [0.4, 0.5) is 4.39 Å². The smallest absolute Gasteiger partial charge is 0.222 e. The Balaban J connectivity index is 1.31. The molecule has 1 aromatic carbocycles. The van der Waals surface area contributed by atoms with Crippen molar-refractivity contribution in [2.45, 2.75) is 43.8 Å². The third-order valence-electron chi connectivity index (χ3n) is 6.12. The van der Waals surface area contributed by atoms with Crippen molar-refractivity contribution >= 4 is 5.91 Å². The molecule has 0 aliphatic carbocycles. The number of hydrogen-bond acceptors (Lipinski definition) is 3. The van der Waals surface area contributed by atoms with Gasteiger partial charge in [-0.2, -0.15) is 0 Å².